The number of anilines is 1. The van der Waals surface area contributed by atoms with E-state index in [0.29, 0.717) is 26.1 Å². The molecule has 1 saturated heterocycles. The van der Waals surface area contributed by atoms with Crippen molar-refractivity contribution in [2.75, 3.05) is 31.1 Å². The van der Waals surface area contributed by atoms with Crippen LogP contribution in [0.25, 0.3) is 0 Å². The fourth-order valence-corrected chi connectivity index (χ4v) is 3.51. The van der Waals surface area contributed by atoms with Gasteiger partial charge in [0.15, 0.2) is 0 Å². The molecule has 0 bridgehead atoms. The zero-order valence-electron chi connectivity index (χ0n) is 15.1. The summed E-state index contributed by atoms with van der Waals surface area (Å²) in [6.07, 6.45) is 5.85. The zero-order chi connectivity index (χ0) is 18.6. The van der Waals surface area contributed by atoms with Crippen LogP contribution in [-0.2, 0) is 16.1 Å². The van der Waals surface area contributed by atoms with Crippen LogP contribution in [0.2, 0.25) is 0 Å². The van der Waals surface area contributed by atoms with E-state index in [2.05, 4.69) is 20.2 Å². The van der Waals surface area contributed by atoms with E-state index in [1.807, 2.05) is 35.2 Å². The van der Waals surface area contributed by atoms with Gasteiger partial charge in [-0.25, -0.2) is 4.98 Å². The lowest BCUT2D eigenvalue weighted by molar-refractivity contribution is -0.135. The smallest absolute Gasteiger partial charge is 0.226 e. The van der Waals surface area contributed by atoms with Crippen molar-refractivity contribution in [2.45, 2.75) is 13.0 Å². The first-order valence-corrected chi connectivity index (χ1v) is 9.34. The van der Waals surface area contributed by atoms with E-state index >= 15 is 0 Å². The Morgan fingerprint density at radius 2 is 1.78 bits per heavy atom. The molecule has 7 heteroatoms. The number of nitrogens with zero attached hydrogens (tertiary/aromatic N) is 4. The lowest BCUT2D eigenvalue weighted by atomic mass is 10.2. The van der Waals surface area contributed by atoms with Gasteiger partial charge >= 0.3 is 0 Å². The molecule has 27 heavy (non-hydrogen) atoms. The van der Waals surface area contributed by atoms with Crippen molar-refractivity contribution < 1.29 is 9.59 Å². The summed E-state index contributed by atoms with van der Waals surface area (Å²) in [5.74, 6) is 0.679. The first-order chi connectivity index (χ1) is 13.2. The Kier molecular flexibility index (Phi) is 5.00. The normalized spacial score (nSPS) is 21.6. The number of amides is 2. The van der Waals surface area contributed by atoms with Crippen LogP contribution < -0.4 is 10.2 Å². The molecule has 1 aliphatic carbocycles. The Balaban J connectivity index is 1.24. The molecule has 2 amide bonds. The highest BCUT2D eigenvalue weighted by atomic mass is 16.2. The molecule has 140 valence electrons. The maximum atomic E-state index is 12.7. The second kappa shape index (κ2) is 7.73. The SMILES string of the molecule is O=C(NCc1ccncc1)C1CC1C(=O)N1CCN(c2ccccn2)CC1. The average Bonchev–Trinajstić information content (AvgIpc) is 3.54. The highest BCUT2D eigenvalue weighted by Gasteiger charge is 2.49. The molecule has 0 spiro atoms. The van der Waals surface area contributed by atoms with E-state index in [-0.39, 0.29) is 23.7 Å². The minimum Gasteiger partial charge on any atom is -0.353 e. The molecule has 2 aromatic rings. The van der Waals surface area contributed by atoms with Gasteiger partial charge in [-0.1, -0.05) is 6.07 Å². The molecule has 0 radical (unpaired) electrons. The second-order valence-electron chi connectivity index (χ2n) is 7.02. The minimum atomic E-state index is -0.187. The lowest BCUT2D eigenvalue weighted by Gasteiger charge is -2.35. The summed E-state index contributed by atoms with van der Waals surface area (Å²) in [5.41, 5.74) is 1.01. The number of rotatable bonds is 5. The van der Waals surface area contributed by atoms with Gasteiger partial charge in [-0.2, -0.15) is 0 Å². The fourth-order valence-electron chi connectivity index (χ4n) is 3.51. The van der Waals surface area contributed by atoms with Crippen molar-refractivity contribution in [3.05, 3.63) is 54.5 Å². The minimum absolute atomic E-state index is 0.0303. The Morgan fingerprint density at radius 3 is 2.48 bits per heavy atom. The van der Waals surface area contributed by atoms with Gasteiger partial charge in [-0.05, 0) is 36.2 Å². The van der Waals surface area contributed by atoms with Gasteiger partial charge in [0.05, 0.1) is 11.8 Å². The first-order valence-electron chi connectivity index (χ1n) is 9.34. The molecule has 2 aromatic heterocycles. The Bertz CT molecular complexity index is 791. The third-order valence-corrected chi connectivity index (χ3v) is 5.23. The molecule has 1 saturated carbocycles. The van der Waals surface area contributed by atoms with Gasteiger partial charge in [0.1, 0.15) is 5.82 Å². The van der Waals surface area contributed by atoms with E-state index < -0.39 is 0 Å². The van der Waals surface area contributed by atoms with Crippen LogP contribution in [-0.4, -0.2) is 52.9 Å². The number of carbonyl (C=O) groups excluding carboxylic acids is 2. The van der Waals surface area contributed by atoms with Crippen LogP contribution in [0, 0.1) is 11.8 Å². The fraction of sp³-hybridized carbons (Fsp3) is 0.400. The van der Waals surface area contributed by atoms with Crippen molar-refractivity contribution >= 4 is 17.6 Å². The molecule has 0 aromatic carbocycles. The molecular weight excluding hydrogens is 342 g/mol. The van der Waals surface area contributed by atoms with Gasteiger partial charge in [0.2, 0.25) is 11.8 Å². The number of hydrogen-bond acceptors (Lipinski definition) is 5. The summed E-state index contributed by atoms with van der Waals surface area (Å²) in [4.78, 5) is 37.4. The van der Waals surface area contributed by atoms with Crippen molar-refractivity contribution in [3.8, 4) is 0 Å². The van der Waals surface area contributed by atoms with Crippen molar-refractivity contribution in [1.82, 2.24) is 20.2 Å². The van der Waals surface area contributed by atoms with Gasteiger partial charge in [-0.15, -0.1) is 0 Å². The van der Waals surface area contributed by atoms with Crippen LogP contribution in [0.5, 0.6) is 0 Å². The summed E-state index contributed by atoms with van der Waals surface area (Å²) >= 11 is 0. The number of carbonyl (C=O) groups is 2. The highest BCUT2D eigenvalue weighted by molar-refractivity contribution is 5.92. The van der Waals surface area contributed by atoms with Gasteiger partial charge < -0.3 is 15.1 Å². The summed E-state index contributed by atoms with van der Waals surface area (Å²) < 4.78 is 0. The Morgan fingerprint density at radius 1 is 1.00 bits per heavy atom. The van der Waals surface area contributed by atoms with E-state index in [4.69, 9.17) is 0 Å². The van der Waals surface area contributed by atoms with E-state index in [9.17, 15) is 9.59 Å². The third-order valence-electron chi connectivity index (χ3n) is 5.23. The topological polar surface area (TPSA) is 78.4 Å². The van der Waals surface area contributed by atoms with Crippen LogP contribution in [0.3, 0.4) is 0 Å². The highest BCUT2D eigenvalue weighted by Crippen LogP contribution is 2.40. The van der Waals surface area contributed by atoms with Crippen molar-refractivity contribution in [2.24, 2.45) is 11.8 Å². The van der Waals surface area contributed by atoms with Crippen molar-refractivity contribution in [1.29, 1.82) is 0 Å². The largest absolute Gasteiger partial charge is 0.353 e. The average molecular weight is 365 g/mol. The summed E-state index contributed by atoms with van der Waals surface area (Å²) in [7, 11) is 0. The molecular formula is C20H23N5O2. The summed E-state index contributed by atoms with van der Waals surface area (Å²) in [5, 5.41) is 2.92. The monoisotopic (exact) mass is 365 g/mol. The predicted molar refractivity (Wildman–Crippen MR) is 101 cm³/mol. The van der Waals surface area contributed by atoms with E-state index in [1.54, 1.807) is 18.6 Å². The van der Waals surface area contributed by atoms with E-state index in [0.717, 1.165) is 24.5 Å². The molecule has 2 fully saturated rings. The Labute approximate surface area is 158 Å². The summed E-state index contributed by atoms with van der Waals surface area (Å²) in [6.45, 7) is 3.37. The maximum Gasteiger partial charge on any atom is 0.226 e. The standard InChI is InChI=1S/C20H23N5O2/c26-19(23-14-15-4-7-21-8-5-15)16-13-17(16)20(27)25-11-9-24(10-12-25)18-3-1-2-6-22-18/h1-8,16-17H,9-14H2,(H,23,26). The number of piperazine rings is 1. The second-order valence-corrected chi connectivity index (χ2v) is 7.02. The number of pyridine rings is 2. The molecule has 2 aliphatic rings. The number of aromatic nitrogens is 2. The first kappa shape index (κ1) is 17.5. The Hall–Kier alpha value is -2.96. The summed E-state index contributed by atoms with van der Waals surface area (Å²) in [6, 6.07) is 9.60. The molecule has 2 atom stereocenters. The lowest BCUT2D eigenvalue weighted by Crippen LogP contribution is -2.49. The van der Waals surface area contributed by atoms with Gasteiger partial charge in [0, 0.05) is 51.3 Å². The van der Waals surface area contributed by atoms with Crippen LogP contribution in [0.15, 0.2) is 48.9 Å². The third kappa shape index (κ3) is 4.07. The molecule has 2 unspecified atom stereocenters. The van der Waals surface area contributed by atoms with Crippen LogP contribution in [0.4, 0.5) is 5.82 Å². The van der Waals surface area contributed by atoms with Crippen LogP contribution in [0.1, 0.15) is 12.0 Å². The molecule has 1 N–H and O–H groups in total. The number of nitrogens with one attached hydrogen (secondary N) is 1. The molecule has 7 nitrogen and oxygen atoms in total. The quantitative estimate of drug-likeness (QED) is 0.858. The molecule has 4 rings (SSSR count). The van der Waals surface area contributed by atoms with Gasteiger partial charge in [-0.3, -0.25) is 14.6 Å². The molecule has 3 heterocycles. The number of hydrogen-bond donors (Lipinski definition) is 1. The van der Waals surface area contributed by atoms with Crippen LogP contribution >= 0.6 is 0 Å². The van der Waals surface area contributed by atoms with Gasteiger partial charge in [0.25, 0.3) is 0 Å². The van der Waals surface area contributed by atoms with Crippen molar-refractivity contribution in [3.63, 3.8) is 0 Å². The molecule has 1 aliphatic heterocycles. The maximum absolute atomic E-state index is 12.7. The van der Waals surface area contributed by atoms with E-state index in [1.165, 1.54) is 0 Å². The predicted octanol–water partition coefficient (Wildman–Crippen LogP) is 1.08. The zero-order valence-corrected chi connectivity index (χ0v) is 15.1.